The zero-order chi connectivity index (χ0) is 21.8. The van der Waals surface area contributed by atoms with Crippen LogP contribution in [-0.2, 0) is 22.4 Å². The number of hydrogen-bond acceptors (Lipinski definition) is 5. The first kappa shape index (κ1) is 21.0. The van der Waals surface area contributed by atoms with Gasteiger partial charge in [0, 0.05) is 29.5 Å². The molecule has 30 heavy (non-hydrogen) atoms. The molecule has 0 radical (unpaired) electrons. The largest absolute Gasteiger partial charge is 0.497 e. The molecule has 9 heteroatoms. The molecule has 2 amide bonds. The van der Waals surface area contributed by atoms with E-state index in [9.17, 15) is 23.2 Å². The first-order valence-electron chi connectivity index (χ1n) is 8.91. The molecule has 0 fully saturated rings. The zero-order valence-corrected chi connectivity index (χ0v) is 15.9. The molecule has 0 spiro atoms. The van der Waals surface area contributed by atoms with Crippen molar-refractivity contribution in [3.8, 4) is 5.75 Å². The van der Waals surface area contributed by atoms with Crippen molar-refractivity contribution in [2.75, 3.05) is 7.11 Å². The van der Waals surface area contributed by atoms with Crippen LogP contribution in [0, 0.1) is 11.6 Å². The van der Waals surface area contributed by atoms with E-state index in [0.29, 0.717) is 16.7 Å². The van der Waals surface area contributed by atoms with Gasteiger partial charge in [-0.25, -0.2) is 13.6 Å². The highest BCUT2D eigenvalue weighted by Crippen LogP contribution is 2.23. The summed E-state index contributed by atoms with van der Waals surface area (Å²) in [6, 6.07) is 8.01. The van der Waals surface area contributed by atoms with Gasteiger partial charge in [-0.1, -0.05) is 6.07 Å². The van der Waals surface area contributed by atoms with Crippen molar-refractivity contribution < 1.29 is 27.5 Å². The van der Waals surface area contributed by atoms with E-state index in [1.165, 1.54) is 25.3 Å². The minimum Gasteiger partial charge on any atom is -0.497 e. The molecule has 1 heterocycles. The number of hydrogen-bond donors (Lipinski definition) is 2. The maximum absolute atomic E-state index is 13.8. The highest BCUT2D eigenvalue weighted by Gasteiger charge is 2.22. The van der Waals surface area contributed by atoms with Crippen molar-refractivity contribution in [2.45, 2.75) is 18.9 Å². The fraction of sp³-hybridized carbons (Fsp3) is 0.190. The summed E-state index contributed by atoms with van der Waals surface area (Å²) in [6.07, 6.45) is -0.730. The quantitative estimate of drug-likeness (QED) is 0.571. The number of ether oxygens (including phenoxy) is 1. The molecular formula is C21H18F2N2O5. The Bertz CT molecular complexity index is 1160. The molecule has 1 atom stereocenters. The van der Waals surface area contributed by atoms with Crippen molar-refractivity contribution in [3.05, 3.63) is 75.6 Å². The van der Waals surface area contributed by atoms with Crippen LogP contribution in [0.25, 0.3) is 11.0 Å². The fourth-order valence-electron chi connectivity index (χ4n) is 3.06. The number of rotatable bonds is 7. The molecule has 3 aromatic rings. The average Bonchev–Trinajstić information content (AvgIpc) is 2.69. The molecule has 156 valence electrons. The summed E-state index contributed by atoms with van der Waals surface area (Å²) in [7, 11) is 1.46. The second-order valence-corrected chi connectivity index (χ2v) is 6.56. The van der Waals surface area contributed by atoms with Gasteiger partial charge >= 0.3 is 5.63 Å². The molecule has 3 rings (SSSR count). The Morgan fingerprint density at radius 1 is 1.17 bits per heavy atom. The van der Waals surface area contributed by atoms with E-state index in [1.807, 2.05) is 0 Å². The van der Waals surface area contributed by atoms with Crippen LogP contribution in [0.15, 0.2) is 51.7 Å². The summed E-state index contributed by atoms with van der Waals surface area (Å²) >= 11 is 0. The van der Waals surface area contributed by atoms with Crippen molar-refractivity contribution in [3.63, 3.8) is 0 Å². The summed E-state index contributed by atoms with van der Waals surface area (Å²) < 4.78 is 37.8. The van der Waals surface area contributed by atoms with E-state index in [0.717, 1.165) is 12.1 Å². The Kier molecular flexibility index (Phi) is 6.10. The highest BCUT2D eigenvalue weighted by atomic mass is 19.1. The van der Waals surface area contributed by atoms with E-state index in [1.54, 1.807) is 12.1 Å². The number of methoxy groups -OCH3 is 1. The van der Waals surface area contributed by atoms with E-state index in [4.69, 9.17) is 14.9 Å². The van der Waals surface area contributed by atoms with Crippen LogP contribution in [0.2, 0.25) is 0 Å². The average molecular weight is 416 g/mol. The Balaban J connectivity index is 1.85. The molecule has 0 saturated carbocycles. The third-order valence-corrected chi connectivity index (χ3v) is 4.54. The second kappa shape index (κ2) is 8.73. The second-order valence-electron chi connectivity index (χ2n) is 6.56. The van der Waals surface area contributed by atoms with E-state index >= 15 is 0 Å². The topological polar surface area (TPSA) is 112 Å². The summed E-state index contributed by atoms with van der Waals surface area (Å²) in [6.45, 7) is 0. The van der Waals surface area contributed by atoms with Gasteiger partial charge in [0.25, 0.3) is 0 Å². The van der Waals surface area contributed by atoms with E-state index < -0.39 is 47.1 Å². The number of fused-ring (bicyclic) bond motifs is 1. The number of carbonyl (C=O) groups is 2. The molecule has 0 unspecified atom stereocenters. The van der Waals surface area contributed by atoms with Gasteiger partial charge < -0.3 is 20.2 Å². The molecule has 3 N–H and O–H groups in total. The minimum atomic E-state index is -1.21. The minimum absolute atomic E-state index is 0.116. The molecular weight excluding hydrogens is 398 g/mol. The van der Waals surface area contributed by atoms with Gasteiger partial charge in [0.1, 0.15) is 29.0 Å². The Hall–Kier alpha value is -3.75. The van der Waals surface area contributed by atoms with Crippen molar-refractivity contribution >= 4 is 22.8 Å². The van der Waals surface area contributed by atoms with Gasteiger partial charge in [-0.3, -0.25) is 9.59 Å². The van der Waals surface area contributed by atoms with Gasteiger partial charge in [0.05, 0.1) is 13.5 Å². The summed E-state index contributed by atoms with van der Waals surface area (Å²) in [5, 5.41) is 2.89. The fourth-order valence-corrected chi connectivity index (χ4v) is 3.06. The van der Waals surface area contributed by atoms with Crippen LogP contribution in [0.3, 0.4) is 0 Å². The lowest BCUT2D eigenvalue weighted by atomic mass is 10.0. The predicted octanol–water partition coefficient (Wildman–Crippen LogP) is 1.84. The molecule has 0 saturated heterocycles. The number of amides is 2. The normalized spacial score (nSPS) is 11.8. The lowest BCUT2D eigenvalue weighted by molar-refractivity contribution is -0.127. The van der Waals surface area contributed by atoms with Gasteiger partial charge in [0.15, 0.2) is 0 Å². The van der Waals surface area contributed by atoms with Gasteiger partial charge in [-0.2, -0.15) is 0 Å². The monoisotopic (exact) mass is 416 g/mol. The summed E-state index contributed by atoms with van der Waals surface area (Å²) in [4.78, 5) is 36.1. The number of carbonyl (C=O) groups excluding carboxylic acids is 2. The molecule has 7 nitrogen and oxygen atoms in total. The van der Waals surface area contributed by atoms with Gasteiger partial charge in [-0.15, -0.1) is 0 Å². The SMILES string of the molecule is COc1ccc2c(C[C@H](NC(=O)Cc3c(F)cccc3F)C(N)=O)cc(=O)oc2c1. The molecule has 2 aromatic carbocycles. The van der Waals surface area contributed by atoms with Gasteiger partial charge in [-0.05, 0) is 29.8 Å². The van der Waals surface area contributed by atoms with Crippen LogP contribution in [-0.4, -0.2) is 25.0 Å². The molecule has 1 aromatic heterocycles. The lowest BCUT2D eigenvalue weighted by Gasteiger charge is -2.17. The Morgan fingerprint density at radius 2 is 1.87 bits per heavy atom. The maximum atomic E-state index is 13.8. The third-order valence-electron chi connectivity index (χ3n) is 4.54. The Labute approximate surface area is 169 Å². The van der Waals surface area contributed by atoms with E-state index in [-0.39, 0.29) is 12.0 Å². The molecule has 0 aliphatic carbocycles. The molecule has 0 aliphatic heterocycles. The summed E-state index contributed by atoms with van der Waals surface area (Å²) in [5.41, 5.74) is 4.96. The number of nitrogens with one attached hydrogen (secondary N) is 1. The molecule has 0 aliphatic rings. The van der Waals surface area contributed by atoms with Crippen LogP contribution < -0.4 is 21.4 Å². The standard InChI is InChI=1S/C21H18F2N2O5/c1-29-12-5-6-13-11(8-20(27)30-18(13)9-12)7-17(21(24)28)25-19(26)10-14-15(22)3-2-4-16(14)23/h2-6,8-9,17H,7,10H2,1H3,(H2,24,28)(H,25,26)/t17-/m0/s1. The lowest BCUT2D eigenvalue weighted by Crippen LogP contribution is -2.46. The van der Waals surface area contributed by atoms with Gasteiger partial charge in [0.2, 0.25) is 11.8 Å². The first-order chi connectivity index (χ1) is 14.3. The Morgan fingerprint density at radius 3 is 2.50 bits per heavy atom. The number of halogens is 2. The van der Waals surface area contributed by atoms with Crippen molar-refractivity contribution in [1.29, 1.82) is 0 Å². The van der Waals surface area contributed by atoms with Crippen LogP contribution in [0.5, 0.6) is 5.75 Å². The predicted molar refractivity (Wildman–Crippen MR) is 104 cm³/mol. The summed E-state index contributed by atoms with van der Waals surface area (Å²) in [5.74, 6) is -2.94. The smallest absolute Gasteiger partial charge is 0.336 e. The van der Waals surface area contributed by atoms with Crippen LogP contribution >= 0.6 is 0 Å². The third kappa shape index (κ3) is 4.62. The van der Waals surface area contributed by atoms with Crippen molar-refractivity contribution in [1.82, 2.24) is 5.32 Å². The molecule has 0 bridgehead atoms. The zero-order valence-electron chi connectivity index (χ0n) is 15.9. The number of nitrogens with two attached hydrogens (primary N) is 1. The maximum Gasteiger partial charge on any atom is 0.336 e. The number of benzene rings is 2. The van der Waals surface area contributed by atoms with Crippen LogP contribution in [0.4, 0.5) is 8.78 Å². The number of primary amides is 1. The van der Waals surface area contributed by atoms with Crippen molar-refractivity contribution in [2.24, 2.45) is 5.73 Å². The van der Waals surface area contributed by atoms with Crippen LogP contribution in [0.1, 0.15) is 11.1 Å². The first-order valence-corrected chi connectivity index (χ1v) is 8.91. The highest BCUT2D eigenvalue weighted by molar-refractivity contribution is 5.89. The van der Waals surface area contributed by atoms with E-state index in [2.05, 4.69) is 5.32 Å².